The van der Waals surface area contributed by atoms with Gasteiger partial charge in [0.15, 0.2) is 16.7 Å². The molecule has 0 bridgehead atoms. The van der Waals surface area contributed by atoms with Crippen LogP contribution in [0.5, 0.6) is 11.5 Å². The number of hydrogen-bond acceptors (Lipinski definition) is 8. The average molecular weight is 428 g/mol. The minimum atomic E-state index is -0.527. The summed E-state index contributed by atoms with van der Waals surface area (Å²) >= 11 is 1.14. The highest BCUT2D eigenvalue weighted by Gasteiger charge is 2.36. The van der Waals surface area contributed by atoms with Gasteiger partial charge >= 0.3 is 0 Å². The molecule has 1 aliphatic heterocycles. The summed E-state index contributed by atoms with van der Waals surface area (Å²) in [5.74, 6) is 0.231. The highest BCUT2D eigenvalue weighted by atomic mass is 32.2. The SMILES string of the molecule is COc1cc(C=C2SC(=Nc3ccccc3)N(N(C)C)C2=O)c([N+](=O)[O-])cc1OC. The second-order valence-electron chi connectivity index (χ2n) is 6.33. The van der Waals surface area contributed by atoms with Gasteiger partial charge in [-0.2, -0.15) is 0 Å². The number of amidine groups is 1. The van der Waals surface area contributed by atoms with Crippen LogP contribution in [0.25, 0.3) is 6.08 Å². The molecule has 2 aromatic rings. The molecule has 1 fully saturated rings. The molecule has 0 radical (unpaired) electrons. The molecular formula is C20H20N4O5S. The summed E-state index contributed by atoms with van der Waals surface area (Å²) in [6.45, 7) is 0. The van der Waals surface area contributed by atoms with Crippen LogP contribution in [0.3, 0.4) is 0 Å². The smallest absolute Gasteiger partial charge is 0.281 e. The van der Waals surface area contributed by atoms with Gasteiger partial charge in [0.2, 0.25) is 0 Å². The van der Waals surface area contributed by atoms with Crippen LogP contribution >= 0.6 is 11.8 Å². The van der Waals surface area contributed by atoms with E-state index in [1.54, 1.807) is 19.1 Å². The van der Waals surface area contributed by atoms with E-state index in [-0.39, 0.29) is 22.9 Å². The first kappa shape index (κ1) is 21.3. The molecule has 2 aromatic carbocycles. The van der Waals surface area contributed by atoms with Gasteiger partial charge in [-0.25, -0.2) is 15.0 Å². The zero-order valence-electron chi connectivity index (χ0n) is 16.9. The molecule has 0 spiro atoms. The number of benzene rings is 2. The van der Waals surface area contributed by atoms with E-state index in [1.165, 1.54) is 37.4 Å². The highest BCUT2D eigenvalue weighted by molar-refractivity contribution is 8.18. The fourth-order valence-corrected chi connectivity index (χ4v) is 3.84. The zero-order valence-corrected chi connectivity index (χ0v) is 17.7. The van der Waals surface area contributed by atoms with Gasteiger partial charge in [0.05, 0.1) is 41.4 Å². The lowest BCUT2D eigenvalue weighted by molar-refractivity contribution is -0.385. The van der Waals surface area contributed by atoms with Gasteiger partial charge in [-0.3, -0.25) is 14.9 Å². The number of carbonyl (C=O) groups is 1. The third-order valence-corrected chi connectivity index (χ3v) is 5.14. The highest BCUT2D eigenvalue weighted by Crippen LogP contribution is 2.39. The molecule has 1 heterocycles. The number of ether oxygens (including phenoxy) is 2. The maximum atomic E-state index is 13.0. The van der Waals surface area contributed by atoms with Crippen molar-refractivity contribution in [3.63, 3.8) is 0 Å². The van der Waals surface area contributed by atoms with Gasteiger partial charge in [-0.1, -0.05) is 18.2 Å². The molecule has 0 unspecified atom stereocenters. The molecule has 3 rings (SSSR count). The number of nitrogens with zero attached hydrogens (tertiary/aromatic N) is 4. The van der Waals surface area contributed by atoms with Gasteiger partial charge in [0, 0.05) is 14.1 Å². The first-order chi connectivity index (χ1) is 14.3. The summed E-state index contributed by atoms with van der Waals surface area (Å²) in [5.41, 5.74) is 0.726. The van der Waals surface area contributed by atoms with Crippen LogP contribution in [0.1, 0.15) is 5.56 Å². The number of nitro groups is 1. The van der Waals surface area contributed by atoms with Gasteiger partial charge in [-0.15, -0.1) is 0 Å². The molecule has 1 saturated heterocycles. The maximum absolute atomic E-state index is 13.0. The lowest BCUT2D eigenvalue weighted by atomic mass is 10.1. The topological polar surface area (TPSA) is 97.5 Å². The van der Waals surface area contributed by atoms with Crippen LogP contribution in [-0.4, -0.2) is 54.3 Å². The summed E-state index contributed by atoms with van der Waals surface area (Å²) in [7, 11) is 6.29. The summed E-state index contributed by atoms with van der Waals surface area (Å²) < 4.78 is 10.4. The van der Waals surface area contributed by atoms with Crippen LogP contribution in [-0.2, 0) is 4.79 Å². The van der Waals surface area contributed by atoms with E-state index in [4.69, 9.17) is 9.47 Å². The van der Waals surface area contributed by atoms with Crippen molar-refractivity contribution in [3.05, 3.63) is 63.0 Å². The lowest BCUT2D eigenvalue weighted by Crippen LogP contribution is -2.40. The second-order valence-corrected chi connectivity index (χ2v) is 7.34. The molecule has 30 heavy (non-hydrogen) atoms. The summed E-state index contributed by atoms with van der Waals surface area (Å²) in [4.78, 5) is 28.9. The standard InChI is InChI=1S/C20H20N4O5S/c1-22(2)23-19(25)18(30-20(23)21-14-8-6-5-7-9-14)11-13-10-16(28-3)17(29-4)12-15(13)24(26)27/h5-12H,1-4H3. The quantitative estimate of drug-likeness (QED) is 0.393. The first-order valence-corrected chi connectivity index (χ1v) is 9.62. The molecule has 0 N–H and O–H groups in total. The number of amides is 1. The van der Waals surface area contributed by atoms with Crippen molar-refractivity contribution in [1.29, 1.82) is 0 Å². The van der Waals surface area contributed by atoms with E-state index in [2.05, 4.69) is 4.99 Å². The third-order valence-electron chi connectivity index (χ3n) is 4.18. The number of hydrazine groups is 1. The number of methoxy groups -OCH3 is 2. The van der Waals surface area contributed by atoms with Crippen LogP contribution in [0.4, 0.5) is 11.4 Å². The zero-order chi connectivity index (χ0) is 21.8. The number of aliphatic imine (C=N–C) groups is 1. The van der Waals surface area contributed by atoms with Gasteiger partial charge < -0.3 is 9.47 Å². The molecule has 0 aromatic heterocycles. The van der Waals surface area contributed by atoms with Crippen LogP contribution in [0.15, 0.2) is 52.4 Å². The predicted octanol–water partition coefficient (Wildman–Crippen LogP) is 3.69. The second kappa shape index (κ2) is 8.97. The van der Waals surface area contributed by atoms with E-state index in [1.807, 2.05) is 30.3 Å². The fraction of sp³-hybridized carbons (Fsp3) is 0.200. The van der Waals surface area contributed by atoms with Crippen molar-refractivity contribution in [3.8, 4) is 11.5 Å². The van der Waals surface area contributed by atoms with Gasteiger partial charge in [0.1, 0.15) is 0 Å². The largest absolute Gasteiger partial charge is 0.493 e. The van der Waals surface area contributed by atoms with Crippen molar-refractivity contribution >= 4 is 40.3 Å². The van der Waals surface area contributed by atoms with Crippen LogP contribution < -0.4 is 9.47 Å². The minimum absolute atomic E-state index is 0.196. The van der Waals surface area contributed by atoms with E-state index in [9.17, 15) is 14.9 Å². The Balaban J connectivity index is 2.08. The van der Waals surface area contributed by atoms with E-state index in [0.29, 0.717) is 21.5 Å². The monoisotopic (exact) mass is 428 g/mol. The third kappa shape index (κ3) is 4.29. The molecule has 0 saturated carbocycles. The number of carbonyl (C=O) groups excluding carboxylic acids is 1. The Bertz CT molecular complexity index is 1040. The normalized spacial score (nSPS) is 16.6. The molecule has 1 aliphatic rings. The fourth-order valence-electron chi connectivity index (χ4n) is 2.80. The Morgan fingerprint density at radius 1 is 1.13 bits per heavy atom. The molecule has 9 nitrogen and oxygen atoms in total. The Morgan fingerprint density at radius 2 is 1.77 bits per heavy atom. The Kier molecular flexibility index (Phi) is 6.38. The predicted molar refractivity (Wildman–Crippen MR) is 116 cm³/mol. The number of para-hydroxylation sites is 1. The molecule has 156 valence electrons. The van der Waals surface area contributed by atoms with Crippen molar-refractivity contribution in [1.82, 2.24) is 10.0 Å². The Hall–Kier alpha value is -3.37. The lowest BCUT2D eigenvalue weighted by Gasteiger charge is -2.22. The molecular weight excluding hydrogens is 408 g/mol. The number of thioether (sulfide) groups is 1. The van der Waals surface area contributed by atoms with Crippen LogP contribution in [0, 0.1) is 10.1 Å². The maximum Gasteiger partial charge on any atom is 0.281 e. The summed E-state index contributed by atoms with van der Waals surface area (Å²) in [5, 5.41) is 15.0. The summed E-state index contributed by atoms with van der Waals surface area (Å²) in [6.07, 6.45) is 1.47. The molecule has 0 atom stereocenters. The van der Waals surface area contributed by atoms with E-state index < -0.39 is 4.92 Å². The van der Waals surface area contributed by atoms with Crippen molar-refractivity contribution in [2.24, 2.45) is 4.99 Å². The average Bonchev–Trinajstić information content (AvgIpc) is 3.02. The summed E-state index contributed by atoms with van der Waals surface area (Å²) in [6, 6.07) is 12.0. The van der Waals surface area contributed by atoms with E-state index >= 15 is 0 Å². The molecule has 0 aliphatic carbocycles. The van der Waals surface area contributed by atoms with Gasteiger partial charge in [-0.05, 0) is 36.0 Å². The minimum Gasteiger partial charge on any atom is -0.493 e. The Labute approximate surface area is 177 Å². The number of hydrogen-bond donors (Lipinski definition) is 0. The van der Waals surface area contributed by atoms with Crippen molar-refractivity contribution < 1.29 is 19.2 Å². The van der Waals surface area contributed by atoms with Crippen molar-refractivity contribution in [2.45, 2.75) is 0 Å². The molecule has 1 amide bonds. The van der Waals surface area contributed by atoms with Crippen molar-refractivity contribution in [2.75, 3.05) is 28.3 Å². The Morgan fingerprint density at radius 3 is 2.33 bits per heavy atom. The number of rotatable bonds is 6. The van der Waals surface area contributed by atoms with Crippen LogP contribution in [0.2, 0.25) is 0 Å². The van der Waals surface area contributed by atoms with Gasteiger partial charge in [0.25, 0.3) is 11.6 Å². The van der Waals surface area contributed by atoms with E-state index in [0.717, 1.165) is 11.8 Å². The molecule has 10 heteroatoms. The number of nitro benzene ring substituents is 1. The first-order valence-electron chi connectivity index (χ1n) is 8.81.